The summed E-state index contributed by atoms with van der Waals surface area (Å²) in [7, 11) is 0. The van der Waals surface area contributed by atoms with Crippen molar-refractivity contribution in [2.75, 3.05) is 18.9 Å². The third-order valence-corrected chi connectivity index (χ3v) is 2.11. The summed E-state index contributed by atoms with van der Waals surface area (Å²) in [6.07, 6.45) is 2.69. The van der Waals surface area contributed by atoms with Gasteiger partial charge in [0.2, 0.25) is 5.91 Å². The highest BCUT2D eigenvalue weighted by atomic mass is 32.1. The summed E-state index contributed by atoms with van der Waals surface area (Å²) in [5.41, 5.74) is 0.423. The lowest BCUT2D eigenvalue weighted by molar-refractivity contribution is -0.117. The molecule has 0 atom stereocenters. The number of thiol groups is 1. The zero-order valence-corrected chi connectivity index (χ0v) is 10.4. The Bertz CT molecular complexity index is 264. The predicted molar refractivity (Wildman–Crippen MR) is 67.6 cm³/mol. The van der Waals surface area contributed by atoms with Gasteiger partial charge in [0, 0.05) is 5.57 Å². The molecule has 1 amide bonds. The van der Waals surface area contributed by atoms with Gasteiger partial charge in [0.15, 0.2) is 0 Å². The van der Waals surface area contributed by atoms with Crippen LogP contribution in [-0.2, 0) is 9.53 Å². The van der Waals surface area contributed by atoms with E-state index in [4.69, 9.17) is 9.84 Å². The number of amides is 1. The number of aliphatic hydroxyl groups excluding tert-OH is 1. The molecule has 92 valence electrons. The predicted octanol–water partition coefficient (Wildman–Crippen LogP) is 1.80. The number of hydrogen-bond donors (Lipinski definition) is 3. The van der Waals surface area contributed by atoms with Gasteiger partial charge in [-0.3, -0.25) is 4.79 Å². The van der Waals surface area contributed by atoms with Crippen molar-refractivity contribution < 1.29 is 14.6 Å². The standard InChI is InChI=1S/C11H19NO3S/c1-9(2)11(14)12-7-10(8-13)15-5-3-4-6-16/h8,13,16H,1,3-7H2,2H3,(H,12,14)/b10-8-. The molecule has 0 aliphatic rings. The van der Waals surface area contributed by atoms with Crippen LogP contribution in [-0.4, -0.2) is 29.9 Å². The minimum atomic E-state index is -0.252. The number of ether oxygens (including phenoxy) is 1. The maximum atomic E-state index is 11.2. The molecule has 0 bridgehead atoms. The third-order valence-electron chi connectivity index (χ3n) is 1.79. The molecule has 0 aromatic carbocycles. The van der Waals surface area contributed by atoms with Crippen molar-refractivity contribution in [1.29, 1.82) is 0 Å². The van der Waals surface area contributed by atoms with E-state index in [1.165, 1.54) is 0 Å². The molecule has 5 heteroatoms. The van der Waals surface area contributed by atoms with Gasteiger partial charge in [-0.1, -0.05) is 6.58 Å². The Morgan fingerprint density at radius 2 is 2.25 bits per heavy atom. The van der Waals surface area contributed by atoms with E-state index in [9.17, 15) is 4.79 Å². The van der Waals surface area contributed by atoms with Crippen LogP contribution < -0.4 is 5.32 Å². The molecule has 0 fully saturated rings. The second-order valence-electron chi connectivity index (χ2n) is 3.34. The minimum Gasteiger partial charge on any atom is -0.512 e. The average Bonchev–Trinajstić information content (AvgIpc) is 2.27. The van der Waals surface area contributed by atoms with Gasteiger partial charge in [0.25, 0.3) is 0 Å². The van der Waals surface area contributed by atoms with Crippen LogP contribution in [0.25, 0.3) is 0 Å². The molecule has 4 nitrogen and oxygen atoms in total. The summed E-state index contributed by atoms with van der Waals surface area (Å²) >= 11 is 4.07. The maximum absolute atomic E-state index is 11.2. The lowest BCUT2D eigenvalue weighted by Gasteiger charge is -2.10. The van der Waals surface area contributed by atoms with Gasteiger partial charge in [-0.05, 0) is 25.5 Å². The Labute approximate surface area is 102 Å². The Morgan fingerprint density at radius 1 is 1.56 bits per heavy atom. The van der Waals surface area contributed by atoms with Gasteiger partial charge < -0.3 is 15.2 Å². The van der Waals surface area contributed by atoms with E-state index in [1.807, 2.05) is 0 Å². The van der Waals surface area contributed by atoms with Crippen molar-refractivity contribution in [3.05, 3.63) is 24.2 Å². The summed E-state index contributed by atoms with van der Waals surface area (Å²) in [4.78, 5) is 11.2. The van der Waals surface area contributed by atoms with Crippen LogP contribution in [0.3, 0.4) is 0 Å². The van der Waals surface area contributed by atoms with Crippen molar-refractivity contribution in [1.82, 2.24) is 5.32 Å². The zero-order valence-electron chi connectivity index (χ0n) is 9.53. The monoisotopic (exact) mass is 245 g/mol. The molecule has 0 aliphatic carbocycles. The normalized spacial score (nSPS) is 11.0. The number of carbonyl (C=O) groups is 1. The van der Waals surface area contributed by atoms with E-state index in [2.05, 4.69) is 24.5 Å². The average molecular weight is 245 g/mol. The second kappa shape index (κ2) is 9.15. The van der Waals surface area contributed by atoms with E-state index in [0.717, 1.165) is 24.9 Å². The maximum Gasteiger partial charge on any atom is 0.246 e. The van der Waals surface area contributed by atoms with Crippen LogP contribution in [0.2, 0.25) is 0 Å². The highest BCUT2D eigenvalue weighted by molar-refractivity contribution is 7.80. The molecule has 0 aromatic rings. The van der Waals surface area contributed by atoms with Crippen molar-refractivity contribution in [3.63, 3.8) is 0 Å². The SMILES string of the molecule is C=C(C)C(=O)NC/C(=C/O)OCCCCS. The van der Waals surface area contributed by atoms with Crippen LogP contribution in [0.4, 0.5) is 0 Å². The number of hydrogen-bond acceptors (Lipinski definition) is 4. The molecule has 0 spiro atoms. The van der Waals surface area contributed by atoms with Crippen molar-refractivity contribution in [3.8, 4) is 0 Å². The summed E-state index contributed by atoms with van der Waals surface area (Å²) < 4.78 is 5.26. The van der Waals surface area contributed by atoms with Gasteiger partial charge in [0.05, 0.1) is 13.2 Å². The first-order valence-corrected chi connectivity index (χ1v) is 5.75. The van der Waals surface area contributed by atoms with Gasteiger partial charge in [-0.2, -0.15) is 12.6 Å². The lowest BCUT2D eigenvalue weighted by atomic mass is 10.3. The topological polar surface area (TPSA) is 58.6 Å². The van der Waals surface area contributed by atoms with Crippen LogP contribution in [0.15, 0.2) is 24.2 Å². The fourth-order valence-electron chi connectivity index (χ4n) is 0.869. The Hall–Kier alpha value is -1.10. The van der Waals surface area contributed by atoms with Crippen molar-refractivity contribution >= 4 is 18.5 Å². The van der Waals surface area contributed by atoms with Gasteiger partial charge >= 0.3 is 0 Å². The van der Waals surface area contributed by atoms with Crippen LogP contribution in [0.1, 0.15) is 19.8 Å². The fraction of sp³-hybridized carbons (Fsp3) is 0.545. The smallest absolute Gasteiger partial charge is 0.246 e. The largest absolute Gasteiger partial charge is 0.512 e. The first-order chi connectivity index (χ1) is 7.61. The Kier molecular flexibility index (Phi) is 8.52. The van der Waals surface area contributed by atoms with Crippen molar-refractivity contribution in [2.24, 2.45) is 0 Å². The van der Waals surface area contributed by atoms with Crippen LogP contribution in [0, 0.1) is 0 Å². The minimum absolute atomic E-state index is 0.170. The third kappa shape index (κ3) is 7.23. The summed E-state index contributed by atoms with van der Waals surface area (Å²) in [6, 6.07) is 0. The fourth-order valence-corrected chi connectivity index (χ4v) is 1.09. The lowest BCUT2D eigenvalue weighted by Crippen LogP contribution is -2.26. The van der Waals surface area contributed by atoms with Crippen LogP contribution in [0.5, 0.6) is 0 Å². The molecule has 2 N–H and O–H groups in total. The number of unbranched alkanes of at least 4 members (excludes halogenated alkanes) is 1. The van der Waals surface area contributed by atoms with E-state index < -0.39 is 0 Å². The molecule has 0 unspecified atom stereocenters. The molecule has 0 saturated carbocycles. The van der Waals surface area contributed by atoms with Crippen LogP contribution >= 0.6 is 12.6 Å². The number of nitrogens with one attached hydrogen (secondary N) is 1. The van der Waals surface area contributed by atoms with E-state index in [1.54, 1.807) is 6.92 Å². The summed E-state index contributed by atoms with van der Waals surface area (Å²) in [5.74, 6) is 0.903. The molecule has 0 radical (unpaired) electrons. The highest BCUT2D eigenvalue weighted by Crippen LogP contribution is 1.99. The molecule has 0 heterocycles. The van der Waals surface area contributed by atoms with E-state index in [0.29, 0.717) is 17.9 Å². The Balaban J connectivity index is 3.76. The molecular formula is C11H19NO3S. The molecule has 0 rings (SSSR count). The Morgan fingerprint density at radius 3 is 2.75 bits per heavy atom. The zero-order chi connectivity index (χ0) is 12.4. The molecular weight excluding hydrogens is 226 g/mol. The van der Waals surface area contributed by atoms with Gasteiger partial charge in [-0.15, -0.1) is 0 Å². The van der Waals surface area contributed by atoms with E-state index in [-0.39, 0.29) is 12.5 Å². The number of rotatable bonds is 8. The highest BCUT2D eigenvalue weighted by Gasteiger charge is 2.04. The molecule has 0 aliphatic heterocycles. The molecule has 0 saturated heterocycles. The molecule has 0 aromatic heterocycles. The van der Waals surface area contributed by atoms with Gasteiger partial charge in [0.1, 0.15) is 12.0 Å². The summed E-state index contributed by atoms with van der Waals surface area (Å²) in [5, 5.41) is 11.4. The first-order valence-electron chi connectivity index (χ1n) is 5.12. The summed E-state index contributed by atoms with van der Waals surface area (Å²) in [6.45, 7) is 5.80. The first kappa shape index (κ1) is 14.9. The van der Waals surface area contributed by atoms with Crippen molar-refractivity contribution in [2.45, 2.75) is 19.8 Å². The number of carbonyl (C=O) groups excluding carboxylic acids is 1. The second-order valence-corrected chi connectivity index (χ2v) is 3.78. The quantitative estimate of drug-likeness (QED) is 0.264. The van der Waals surface area contributed by atoms with E-state index >= 15 is 0 Å². The number of aliphatic hydroxyl groups is 1. The molecule has 16 heavy (non-hydrogen) atoms. The van der Waals surface area contributed by atoms with Gasteiger partial charge in [-0.25, -0.2) is 0 Å².